The van der Waals surface area contributed by atoms with Crippen molar-refractivity contribution in [2.45, 2.75) is 32.7 Å². The Morgan fingerprint density at radius 3 is 2.50 bits per heavy atom. The zero-order valence-electron chi connectivity index (χ0n) is 8.26. The Hall–Kier alpha value is -0.0700. The minimum atomic E-state index is -0.677. The molecule has 0 fully saturated rings. The van der Waals surface area contributed by atoms with Crippen LogP contribution in [0.5, 0.6) is 0 Å². The first-order valence-corrected chi connectivity index (χ1v) is 7.57. The molecular weight excluding hydrogens is 238 g/mol. The second kappa shape index (κ2) is 7.25. The third kappa shape index (κ3) is 4.97. The predicted molar refractivity (Wildman–Crippen MR) is 64.2 cm³/mol. The zero-order chi connectivity index (χ0) is 11.1. The normalized spacial score (nSPS) is 12.5. The number of hydrogen-bond acceptors (Lipinski definition) is 5. The SMILES string of the molecule is CCCC(=O)C(C)N(C=O)C[S-](=S)=S. The molecule has 0 aliphatic heterocycles. The van der Waals surface area contributed by atoms with E-state index in [0.717, 1.165) is 6.42 Å². The molecule has 6 heteroatoms. The number of amides is 1. The first-order chi connectivity index (χ1) is 6.52. The van der Waals surface area contributed by atoms with Crippen molar-refractivity contribution in [3.63, 3.8) is 0 Å². The molecule has 0 aromatic rings. The largest absolute Gasteiger partial charge is 0.355 e. The van der Waals surface area contributed by atoms with E-state index in [1.165, 1.54) is 4.90 Å². The fourth-order valence-corrected chi connectivity index (χ4v) is 2.25. The Morgan fingerprint density at radius 1 is 1.57 bits per heavy atom. The van der Waals surface area contributed by atoms with Crippen LogP contribution in [0.1, 0.15) is 26.7 Å². The van der Waals surface area contributed by atoms with Gasteiger partial charge in [0, 0.05) is 6.42 Å². The number of nitrogens with zero attached hydrogens (tertiary/aromatic N) is 1. The van der Waals surface area contributed by atoms with Gasteiger partial charge < -0.3 is 12.9 Å². The Bertz CT molecular complexity index is 268. The first kappa shape index (κ1) is 13.9. The first-order valence-electron chi connectivity index (χ1n) is 4.32. The minimum Gasteiger partial charge on any atom is -0.355 e. The third-order valence-electron chi connectivity index (χ3n) is 1.85. The smallest absolute Gasteiger partial charge is 0.208 e. The highest BCUT2D eigenvalue weighted by molar-refractivity contribution is 8.46. The van der Waals surface area contributed by atoms with Crippen molar-refractivity contribution >= 4 is 42.6 Å². The van der Waals surface area contributed by atoms with E-state index in [1.54, 1.807) is 6.92 Å². The van der Waals surface area contributed by atoms with Gasteiger partial charge in [-0.05, 0) is 19.2 Å². The van der Waals surface area contributed by atoms with E-state index in [-0.39, 0.29) is 5.78 Å². The molecule has 0 saturated heterocycles. The monoisotopic (exact) mass is 252 g/mol. The molecular formula is C8H14NO2S3-. The Morgan fingerprint density at radius 2 is 2.14 bits per heavy atom. The number of carbonyl (C=O) groups is 2. The van der Waals surface area contributed by atoms with Crippen LogP contribution in [0.2, 0.25) is 0 Å². The van der Waals surface area contributed by atoms with Gasteiger partial charge in [-0.2, -0.15) is 0 Å². The van der Waals surface area contributed by atoms with E-state index >= 15 is 0 Å². The molecule has 0 aliphatic rings. The summed E-state index contributed by atoms with van der Waals surface area (Å²) in [5.74, 6) is 0.375. The van der Waals surface area contributed by atoms with Gasteiger partial charge in [0.2, 0.25) is 6.41 Å². The summed E-state index contributed by atoms with van der Waals surface area (Å²) in [6.45, 7) is 3.64. The molecule has 1 amide bonds. The molecule has 0 saturated carbocycles. The molecule has 14 heavy (non-hydrogen) atoms. The summed E-state index contributed by atoms with van der Waals surface area (Å²) in [6, 6.07) is -0.395. The molecule has 3 nitrogen and oxygen atoms in total. The van der Waals surface area contributed by atoms with E-state index in [2.05, 4.69) is 0 Å². The predicted octanol–water partition coefficient (Wildman–Crippen LogP) is 0.702. The summed E-state index contributed by atoms with van der Waals surface area (Å²) in [5, 5.41) is 0. The van der Waals surface area contributed by atoms with E-state index in [1.807, 2.05) is 6.92 Å². The highest BCUT2D eigenvalue weighted by Gasteiger charge is 2.16. The van der Waals surface area contributed by atoms with Crippen molar-refractivity contribution in [3.05, 3.63) is 0 Å². The van der Waals surface area contributed by atoms with E-state index in [4.69, 9.17) is 22.4 Å². The van der Waals surface area contributed by atoms with Gasteiger partial charge in [-0.3, -0.25) is 32.0 Å². The van der Waals surface area contributed by atoms with Gasteiger partial charge in [0.25, 0.3) is 0 Å². The fourth-order valence-electron chi connectivity index (χ4n) is 0.995. The maximum absolute atomic E-state index is 11.5. The maximum Gasteiger partial charge on any atom is 0.208 e. The molecule has 1 unspecified atom stereocenters. The molecule has 0 aromatic heterocycles. The summed E-state index contributed by atoms with van der Waals surface area (Å²) in [6.07, 6.45) is 1.94. The highest BCUT2D eigenvalue weighted by atomic mass is 33.1. The molecule has 0 bridgehead atoms. The average Bonchev–Trinajstić information content (AvgIpc) is 2.13. The standard InChI is InChI=1S/C8H14NO2S3/c1-3-4-8(11)7(2)9(5-10)6-14(12)13/h5,7H,3-4,6H2,1-2H3/q-1. The zero-order valence-corrected chi connectivity index (χ0v) is 10.7. The molecule has 0 heterocycles. The van der Waals surface area contributed by atoms with Crippen molar-refractivity contribution in [2.24, 2.45) is 0 Å². The molecule has 0 rings (SSSR count). The van der Waals surface area contributed by atoms with Crippen LogP contribution in [0.15, 0.2) is 0 Å². The van der Waals surface area contributed by atoms with Crippen molar-refractivity contribution in [1.29, 1.82) is 0 Å². The molecule has 82 valence electrons. The average molecular weight is 252 g/mol. The lowest BCUT2D eigenvalue weighted by molar-refractivity contribution is -0.129. The molecule has 0 spiro atoms. The van der Waals surface area contributed by atoms with Crippen molar-refractivity contribution in [2.75, 3.05) is 5.88 Å². The van der Waals surface area contributed by atoms with Crippen LogP contribution in [0.25, 0.3) is 0 Å². The molecule has 1 atom stereocenters. The summed E-state index contributed by atoms with van der Waals surface area (Å²) in [7, 11) is -0.677. The lowest BCUT2D eigenvalue weighted by Gasteiger charge is -2.26. The van der Waals surface area contributed by atoms with Crippen molar-refractivity contribution in [1.82, 2.24) is 4.90 Å². The summed E-state index contributed by atoms with van der Waals surface area (Å²) in [4.78, 5) is 23.5. The van der Waals surface area contributed by atoms with Crippen LogP contribution in [0, 0.1) is 0 Å². The van der Waals surface area contributed by atoms with Gasteiger partial charge in [-0.25, -0.2) is 0 Å². The summed E-state index contributed by atoms with van der Waals surface area (Å²) >= 11 is 9.65. The third-order valence-corrected chi connectivity index (χ3v) is 2.99. The molecule has 0 aliphatic carbocycles. The molecule has 0 aromatic carbocycles. The lowest BCUT2D eigenvalue weighted by atomic mass is 10.1. The van der Waals surface area contributed by atoms with Crippen molar-refractivity contribution < 1.29 is 9.59 Å². The second-order valence-electron chi connectivity index (χ2n) is 2.94. The van der Waals surface area contributed by atoms with Gasteiger partial charge in [-0.1, -0.05) is 6.92 Å². The summed E-state index contributed by atoms with van der Waals surface area (Å²) in [5.41, 5.74) is 0. The Balaban J connectivity index is 4.36. The highest BCUT2D eigenvalue weighted by Crippen LogP contribution is 2.02. The van der Waals surface area contributed by atoms with Crippen LogP contribution in [-0.2, 0) is 40.0 Å². The minimum absolute atomic E-state index is 0.0649. The van der Waals surface area contributed by atoms with Gasteiger partial charge in [0.15, 0.2) is 5.78 Å². The maximum atomic E-state index is 11.5. The van der Waals surface area contributed by atoms with Crippen LogP contribution < -0.4 is 0 Å². The molecule has 0 radical (unpaired) electrons. The second-order valence-corrected chi connectivity index (χ2v) is 6.86. The van der Waals surface area contributed by atoms with E-state index in [9.17, 15) is 9.59 Å². The summed E-state index contributed by atoms with van der Waals surface area (Å²) < 4.78 is 0. The van der Waals surface area contributed by atoms with E-state index < -0.39 is 14.1 Å². The number of hydrogen-bond donors (Lipinski definition) is 0. The van der Waals surface area contributed by atoms with Crippen LogP contribution in [0.3, 0.4) is 0 Å². The van der Waals surface area contributed by atoms with Crippen LogP contribution in [-0.4, -0.2) is 29.0 Å². The van der Waals surface area contributed by atoms with Crippen LogP contribution >= 0.6 is 0 Å². The van der Waals surface area contributed by atoms with E-state index in [0.29, 0.717) is 18.7 Å². The number of ketones is 1. The Labute approximate surface area is 95.7 Å². The van der Waals surface area contributed by atoms with Gasteiger partial charge in [-0.15, -0.1) is 0 Å². The van der Waals surface area contributed by atoms with Gasteiger partial charge in [0.05, 0.1) is 6.04 Å². The number of Topliss-reactive ketones (excluding diaryl/α,β-unsaturated/α-hetero) is 1. The molecule has 0 N–H and O–H groups in total. The quantitative estimate of drug-likeness (QED) is 0.494. The van der Waals surface area contributed by atoms with Gasteiger partial charge in [0.1, 0.15) is 0 Å². The number of carbonyl (C=O) groups excluding carboxylic acids is 2. The Kier molecular flexibility index (Phi) is 7.22. The van der Waals surface area contributed by atoms with Crippen LogP contribution in [0.4, 0.5) is 0 Å². The van der Waals surface area contributed by atoms with Crippen molar-refractivity contribution in [3.8, 4) is 0 Å². The topological polar surface area (TPSA) is 37.4 Å². The van der Waals surface area contributed by atoms with Gasteiger partial charge >= 0.3 is 0 Å². The lowest BCUT2D eigenvalue weighted by Crippen LogP contribution is -2.38. The fraction of sp³-hybridized carbons (Fsp3) is 0.750. The number of rotatable bonds is 7.